The summed E-state index contributed by atoms with van der Waals surface area (Å²) in [6.45, 7) is 5.52. The summed E-state index contributed by atoms with van der Waals surface area (Å²) in [7, 11) is -3.47. The molecule has 0 fully saturated rings. The number of hydrogen-bond donors (Lipinski definition) is 4. The van der Waals surface area contributed by atoms with Gasteiger partial charge in [-0.15, -0.1) is 0 Å². The lowest BCUT2D eigenvalue weighted by Gasteiger charge is -2.27. The first-order chi connectivity index (χ1) is 24.3. The van der Waals surface area contributed by atoms with Gasteiger partial charge >= 0.3 is 0 Å². The zero-order chi connectivity index (χ0) is 36.7. The highest BCUT2D eigenvalue weighted by Gasteiger charge is 2.31. The Labute approximate surface area is 296 Å². The molecule has 3 heterocycles. The number of ether oxygens (including phenoxy) is 1. The van der Waals surface area contributed by atoms with Crippen molar-refractivity contribution in [2.75, 3.05) is 19.4 Å². The minimum Gasteiger partial charge on any atom is -0.492 e. The topological polar surface area (TPSA) is 190 Å². The number of nitrogens with one attached hydrogen (secondary N) is 4. The summed E-state index contributed by atoms with van der Waals surface area (Å²) < 4.78 is 31.1. The third-order valence-corrected chi connectivity index (χ3v) is 9.37. The molecule has 0 saturated heterocycles. The van der Waals surface area contributed by atoms with Crippen molar-refractivity contribution in [3.8, 4) is 17.1 Å². The summed E-state index contributed by atoms with van der Waals surface area (Å²) in [6, 6.07) is 18.7. The smallest absolute Gasteiger partial charge is 0.251 e. The van der Waals surface area contributed by atoms with Crippen molar-refractivity contribution in [2.24, 2.45) is 5.92 Å². The lowest BCUT2D eigenvalue weighted by Crippen LogP contribution is -2.56. The molecule has 0 aliphatic carbocycles. The van der Waals surface area contributed by atoms with Crippen LogP contribution in [0.25, 0.3) is 11.4 Å². The van der Waals surface area contributed by atoms with Crippen LogP contribution >= 0.6 is 0 Å². The first-order valence-corrected chi connectivity index (χ1v) is 18.4. The van der Waals surface area contributed by atoms with Crippen molar-refractivity contribution < 1.29 is 32.3 Å². The van der Waals surface area contributed by atoms with Crippen LogP contribution in [0.2, 0.25) is 0 Å². The second-order valence-electron chi connectivity index (χ2n) is 12.6. The van der Waals surface area contributed by atoms with Crippen LogP contribution in [0.15, 0.2) is 83.8 Å². The van der Waals surface area contributed by atoms with E-state index < -0.39 is 45.7 Å². The summed E-state index contributed by atoms with van der Waals surface area (Å²) in [6.07, 6.45) is 1.14. The second-order valence-corrected chi connectivity index (χ2v) is 14.7. The molecular formula is C36H41N7O7S. The Morgan fingerprint density at radius 2 is 1.63 bits per heavy atom. The fraction of sp³-hybridized carbons (Fsp3) is 0.333. The van der Waals surface area contributed by atoms with E-state index in [0.29, 0.717) is 23.0 Å². The number of hydrogen-bond acceptors (Lipinski definition) is 9. The molecule has 2 aliphatic rings. The van der Waals surface area contributed by atoms with Gasteiger partial charge in [0.05, 0.1) is 17.5 Å². The van der Waals surface area contributed by atoms with Crippen molar-refractivity contribution in [1.29, 1.82) is 0 Å². The molecule has 6 rings (SSSR count). The van der Waals surface area contributed by atoms with E-state index in [1.165, 1.54) is 28.9 Å². The Kier molecular flexibility index (Phi) is 11.5. The number of carbonyl (C=O) groups is 4. The third kappa shape index (κ3) is 9.57. The number of sulfone groups is 1. The van der Waals surface area contributed by atoms with E-state index in [1.54, 1.807) is 45.0 Å². The van der Waals surface area contributed by atoms with Crippen LogP contribution in [0, 0.1) is 5.92 Å². The van der Waals surface area contributed by atoms with Gasteiger partial charge in [0.25, 0.3) is 5.91 Å². The van der Waals surface area contributed by atoms with Crippen molar-refractivity contribution >= 4 is 33.5 Å². The van der Waals surface area contributed by atoms with E-state index in [0.717, 1.165) is 11.8 Å². The monoisotopic (exact) mass is 715 g/mol. The molecule has 1 aromatic heterocycles. The predicted molar refractivity (Wildman–Crippen MR) is 188 cm³/mol. The highest BCUT2D eigenvalue weighted by Crippen LogP contribution is 2.20. The van der Waals surface area contributed by atoms with Crippen LogP contribution in [-0.4, -0.2) is 78.3 Å². The number of fused-ring (bicyclic) bond motifs is 14. The van der Waals surface area contributed by atoms with Gasteiger partial charge in [0.2, 0.25) is 17.7 Å². The van der Waals surface area contributed by atoms with Crippen LogP contribution < -0.4 is 26.0 Å². The number of amides is 4. The maximum atomic E-state index is 13.9. The van der Waals surface area contributed by atoms with Gasteiger partial charge in [-0.05, 0) is 54.8 Å². The summed E-state index contributed by atoms with van der Waals surface area (Å²) in [4.78, 5) is 58.7. The molecule has 14 nitrogen and oxygen atoms in total. The van der Waals surface area contributed by atoms with E-state index in [9.17, 15) is 27.6 Å². The molecule has 268 valence electrons. The first kappa shape index (κ1) is 36.7. The Hall–Kier alpha value is -5.57. The third-order valence-electron chi connectivity index (χ3n) is 8.24. The number of carbonyl (C=O) groups excluding carboxylic acids is 4. The maximum Gasteiger partial charge on any atom is 0.251 e. The number of benzene rings is 3. The Balaban J connectivity index is 1.44. The first-order valence-electron chi connectivity index (χ1n) is 16.5. The quantitative estimate of drug-likeness (QED) is 0.240. The van der Waals surface area contributed by atoms with Gasteiger partial charge in [-0.3, -0.25) is 19.2 Å². The average Bonchev–Trinajstić information content (AvgIpc) is 3.52. The minimum absolute atomic E-state index is 0.0542. The Morgan fingerprint density at radius 1 is 0.941 bits per heavy atom. The minimum atomic E-state index is -3.47. The van der Waals surface area contributed by atoms with Crippen molar-refractivity contribution in [1.82, 2.24) is 36.0 Å². The molecule has 0 unspecified atom stereocenters. The standard InChI is InChI=1S/C36H41N7O7S/c1-22(2)31-36(47)38-23(3)33-41-32(25-8-6-5-7-9-25)42-43(33)21-30(44)37-18-19-50-27-14-10-24(11-15-27)20-29(35(46)40-31)39-34(45)26-12-16-28(17-13-26)51(4,48)49/h5-17,22-23,29,31H,18-21H2,1-4H3,(H,37,44)(H,38,47)(H,39,45)(H,40,46)/t23-,29-,31+/m0/s1. The normalized spacial score (nSPS) is 19.2. The fourth-order valence-electron chi connectivity index (χ4n) is 5.47. The number of aromatic nitrogens is 3. The molecule has 4 aromatic rings. The summed E-state index contributed by atoms with van der Waals surface area (Å²) in [5.74, 6) is -1.12. The molecule has 3 atom stereocenters. The van der Waals surface area contributed by atoms with Crippen LogP contribution in [0.4, 0.5) is 0 Å². The lowest BCUT2D eigenvalue weighted by molar-refractivity contribution is -0.131. The van der Waals surface area contributed by atoms with Crippen LogP contribution in [0.5, 0.6) is 5.75 Å². The molecule has 0 spiro atoms. The largest absolute Gasteiger partial charge is 0.492 e. The van der Waals surface area contributed by atoms with Gasteiger partial charge in [0.15, 0.2) is 15.7 Å². The SMILES string of the molecule is CC(C)[C@H]1NC(=O)[C@@H](NC(=O)c2ccc(S(C)(=O)=O)cc2)Cc2ccc(cc2)OCCNC(=O)Cn2nc(-c3ccccc3)nc2[C@H](C)NC1=O. The summed E-state index contributed by atoms with van der Waals surface area (Å²) in [5.41, 5.74) is 1.59. The molecular weight excluding hydrogens is 675 g/mol. The summed E-state index contributed by atoms with van der Waals surface area (Å²) >= 11 is 0. The predicted octanol–water partition coefficient (Wildman–Crippen LogP) is 2.22. The molecule has 0 radical (unpaired) electrons. The van der Waals surface area contributed by atoms with Crippen molar-refractivity contribution in [2.45, 2.75) is 56.8 Å². The molecule has 0 saturated carbocycles. The second kappa shape index (κ2) is 16.0. The van der Waals surface area contributed by atoms with Crippen molar-refractivity contribution in [3.05, 3.63) is 95.8 Å². The van der Waals surface area contributed by atoms with Gasteiger partial charge in [-0.25, -0.2) is 18.1 Å². The van der Waals surface area contributed by atoms with Gasteiger partial charge in [-0.2, -0.15) is 5.10 Å². The van der Waals surface area contributed by atoms with Gasteiger partial charge in [0.1, 0.15) is 36.8 Å². The van der Waals surface area contributed by atoms with E-state index >= 15 is 0 Å². The van der Waals surface area contributed by atoms with Gasteiger partial charge in [0, 0.05) is 23.8 Å². The molecule has 4 N–H and O–H groups in total. The average molecular weight is 716 g/mol. The highest BCUT2D eigenvalue weighted by atomic mass is 32.2. The zero-order valence-corrected chi connectivity index (χ0v) is 29.6. The van der Waals surface area contributed by atoms with E-state index in [1.807, 2.05) is 30.3 Å². The Morgan fingerprint density at radius 3 is 2.27 bits per heavy atom. The van der Waals surface area contributed by atoms with E-state index in [2.05, 4.69) is 31.3 Å². The van der Waals surface area contributed by atoms with Crippen LogP contribution in [-0.2, 0) is 37.2 Å². The van der Waals surface area contributed by atoms with Crippen LogP contribution in [0.1, 0.15) is 48.6 Å². The lowest BCUT2D eigenvalue weighted by atomic mass is 10.00. The summed E-state index contributed by atoms with van der Waals surface area (Å²) in [5, 5.41) is 15.9. The van der Waals surface area contributed by atoms with Crippen molar-refractivity contribution in [3.63, 3.8) is 0 Å². The van der Waals surface area contributed by atoms with Gasteiger partial charge < -0.3 is 26.0 Å². The fourth-order valence-corrected chi connectivity index (χ4v) is 6.10. The Bertz CT molecular complexity index is 1980. The van der Waals surface area contributed by atoms with E-state index in [-0.39, 0.29) is 48.4 Å². The molecule has 3 aromatic carbocycles. The van der Waals surface area contributed by atoms with Gasteiger partial charge in [-0.1, -0.05) is 56.3 Å². The maximum absolute atomic E-state index is 13.9. The molecule has 51 heavy (non-hydrogen) atoms. The zero-order valence-electron chi connectivity index (χ0n) is 28.8. The highest BCUT2D eigenvalue weighted by molar-refractivity contribution is 7.90. The molecule has 4 amide bonds. The van der Waals surface area contributed by atoms with Crippen LogP contribution in [0.3, 0.4) is 0 Å². The van der Waals surface area contributed by atoms with E-state index in [4.69, 9.17) is 4.74 Å². The number of nitrogens with zero attached hydrogens (tertiary/aromatic N) is 3. The number of rotatable bonds is 5. The molecule has 15 heteroatoms. The molecule has 2 bridgehead atoms. The molecule has 2 aliphatic heterocycles.